The third-order valence-electron chi connectivity index (χ3n) is 2.86. The van der Waals surface area contributed by atoms with Crippen LogP contribution in [0.1, 0.15) is 17.3 Å². The molecule has 1 aromatic carbocycles. The molecule has 0 aliphatic heterocycles. The number of nitrogens with two attached hydrogens (primary N) is 1. The first kappa shape index (κ1) is 16.2. The van der Waals surface area contributed by atoms with Crippen LogP contribution in [0.2, 0.25) is 5.02 Å². The van der Waals surface area contributed by atoms with E-state index in [0.717, 1.165) is 9.13 Å². The molecule has 112 valence electrons. The Morgan fingerprint density at radius 2 is 2.10 bits per heavy atom. The highest BCUT2D eigenvalue weighted by molar-refractivity contribution is 14.1. The summed E-state index contributed by atoms with van der Waals surface area (Å²) in [4.78, 5) is 8.56. The molecule has 6 nitrogen and oxygen atoms in total. The Bertz CT molecular complexity index is 642. The van der Waals surface area contributed by atoms with Gasteiger partial charge in [0.05, 0.1) is 26.5 Å². The highest BCUT2D eigenvalue weighted by Crippen LogP contribution is 2.31. The summed E-state index contributed by atoms with van der Waals surface area (Å²) in [6.45, 7) is 0. The van der Waals surface area contributed by atoms with Gasteiger partial charge >= 0.3 is 0 Å². The number of nitrogens with one attached hydrogen (secondary N) is 1. The van der Waals surface area contributed by atoms with Crippen LogP contribution in [-0.2, 0) is 0 Å². The van der Waals surface area contributed by atoms with Crippen molar-refractivity contribution in [3.8, 4) is 11.8 Å². The summed E-state index contributed by atoms with van der Waals surface area (Å²) in [7, 11) is 3.03. The molecule has 1 heterocycles. The standard InChI is InChI=1S/C13H14ClIN4O2/c1-20-10-6-17-12(13(18-10)21-2)11(19-16)8-5-7(14)3-4-9(8)15/h3-6,11,19H,16H2,1-2H3. The molecule has 0 radical (unpaired) electrons. The van der Waals surface area contributed by atoms with Crippen LogP contribution >= 0.6 is 34.2 Å². The minimum Gasteiger partial charge on any atom is -0.480 e. The summed E-state index contributed by atoms with van der Waals surface area (Å²) in [5.74, 6) is 6.41. The maximum Gasteiger partial charge on any atom is 0.240 e. The number of benzene rings is 1. The number of halogens is 2. The van der Waals surface area contributed by atoms with Crippen LogP contribution in [0.5, 0.6) is 11.8 Å². The highest BCUT2D eigenvalue weighted by Gasteiger charge is 2.23. The molecule has 2 rings (SSSR count). The first-order valence-corrected chi connectivity index (χ1v) is 7.42. The molecule has 0 aliphatic carbocycles. The van der Waals surface area contributed by atoms with Crippen molar-refractivity contribution in [2.24, 2.45) is 5.84 Å². The topological polar surface area (TPSA) is 82.3 Å². The quantitative estimate of drug-likeness (QED) is 0.439. The lowest BCUT2D eigenvalue weighted by molar-refractivity contribution is 0.352. The van der Waals surface area contributed by atoms with Gasteiger partial charge in [0.2, 0.25) is 11.8 Å². The summed E-state index contributed by atoms with van der Waals surface area (Å²) >= 11 is 8.28. The van der Waals surface area contributed by atoms with Crippen LogP contribution in [0.25, 0.3) is 0 Å². The number of aromatic nitrogens is 2. The average Bonchev–Trinajstić information content (AvgIpc) is 2.51. The summed E-state index contributed by atoms with van der Waals surface area (Å²) in [6.07, 6.45) is 1.51. The molecule has 21 heavy (non-hydrogen) atoms. The number of rotatable bonds is 5. The first-order chi connectivity index (χ1) is 10.1. The van der Waals surface area contributed by atoms with Crippen LogP contribution in [-0.4, -0.2) is 24.2 Å². The molecule has 0 fully saturated rings. The fraction of sp³-hybridized carbons (Fsp3) is 0.231. The lowest BCUT2D eigenvalue weighted by Gasteiger charge is -2.19. The summed E-state index contributed by atoms with van der Waals surface area (Å²) in [6, 6.07) is 5.16. The van der Waals surface area contributed by atoms with Gasteiger partial charge in [-0.2, -0.15) is 4.98 Å². The maximum absolute atomic E-state index is 6.07. The van der Waals surface area contributed by atoms with E-state index in [1.165, 1.54) is 20.4 Å². The predicted octanol–water partition coefficient (Wildman–Crippen LogP) is 2.30. The number of hydrogen-bond donors (Lipinski definition) is 2. The Morgan fingerprint density at radius 1 is 1.33 bits per heavy atom. The molecular weight excluding hydrogens is 407 g/mol. The summed E-state index contributed by atoms with van der Waals surface area (Å²) in [5, 5.41) is 0.617. The van der Waals surface area contributed by atoms with E-state index in [2.05, 4.69) is 38.0 Å². The SMILES string of the molecule is COc1cnc(C(NN)c2cc(Cl)ccc2I)c(OC)n1. The van der Waals surface area contributed by atoms with E-state index in [9.17, 15) is 0 Å². The van der Waals surface area contributed by atoms with Crippen molar-refractivity contribution in [1.29, 1.82) is 0 Å². The number of ether oxygens (including phenoxy) is 2. The van der Waals surface area contributed by atoms with Gasteiger partial charge in [0.25, 0.3) is 0 Å². The minimum atomic E-state index is -0.399. The second-order valence-corrected chi connectivity index (χ2v) is 5.67. The second kappa shape index (κ2) is 7.21. The average molecular weight is 421 g/mol. The Kier molecular flexibility index (Phi) is 5.57. The largest absolute Gasteiger partial charge is 0.480 e. The predicted molar refractivity (Wildman–Crippen MR) is 88.5 cm³/mol. The molecule has 1 unspecified atom stereocenters. The molecule has 3 N–H and O–H groups in total. The van der Waals surface area contributed by atoms with Gasteiger partial charge in [-0.3, -0.25) is 5.84 Å². The van der Waals surface area contributed by atoms with Gasteiger partial charge in [-0.15, -0.1) is 0 Å². The van der Waals surface area contributed by atoms with Gasteiger partial charge in [0.1, 0.15) is 5.69 Å². The normalized spacial score (nSPS) is 12.0. The first-order valence-electron chi connectivity index (χ1n) is 5.96. The molecule has 0 amide bonds. The molecule has 8 heteroatoms. The monoisotopic (exact) mass is 420 g/mol. The van der Waals surface area contributed by atoms with E-state index in [1.54, 1.807) is 0 Å². The van der Waals surface area contributed by atoms with Crippen LogP contribution < -0.4 is 20.7 Å². The van der Waals surface area contributed by atoms with Gasteiger partial charge in [-0.05, 0) is 46.4 Å². The molecule has 0 bridgehead atoms. The zero-order valence-corrected chi connectivity index (χ0v) is 14.3. The minimum absolute atomic E-state index is 0.341. The zero-order valence-electron chi connectivity index (χ0n) is 11.4. The Hall–Kier alpha value is -1.16. The van der Waals surface area contributed by atoms with Crippen molar-refractivity contribution in [1.82, 2.24) is 15.4 Å². The Balaban J connectivity index is 2.53. The van der Waals surface area contributed by atoms with Gasteiger partial charge in [-0.1, -0.05) is 11.6 Å². The maximum atomic E-state index is 6.07. The molecule has 1 atom stereocenters. The van der Waals surface area contributed by atoms with Crippen LogP contribution in [0.4, 0.5) is 0 Å². The molecular formula is C13H14ClIN4O2. The van der Waals surface area contributed by atoms with E-state index in [4.69, 9.17) is 26.9 Å². The van der Waals surface area contributed by atoms with Crippen molar-refractivity contribution in [2.75, 3.05) is 14.2 Å². The third kappa shape index (κ3) is 3.54. The van der Waals surface area contributed by atoms with Gasteiger partial charge in [-0.25, -0.2) is 10.4 Å². The van der Waals surface area contributed by atoms with E-state index >= 15 is 0 Å². The zero-order chi connectivity index (χ0) is 15.4. The lowest BCUT2D eigenvalue weighted by Crippen LogP contribution is -2.30. The lowest BCUT2D eigenvalue weighted by atomic mass is 10.0. The molecule has 0 saturated carbocycles. The number of nitrogens with zero attached hydrogens (tertiary/aromatic N) is 2. The van der Waals surface area contributed by atoms with E-state index in [1.807, 2.05) is 18.2 Å². The molecule has 1 aromatic heterocycles. The van der Waals surface area contributed by atoms with Crippen molar-refractivity contribution < 1.29 is 9.47 Å². The van der Waals surface area contributed by atoms with Crippen molar-refractivity contribution in [3.63, 3.8) is 0 Å². The number of hydrazine groups is 1. The van der Waals surface area contributed by atoms with Crippen LogP contribution in [0.15, 0.2) is 24.4 Å². The number of hydrogen-bond acceptors (Lipinski definition) is 6. The van der Waals surface area contributed by atoms with E-state index in [-0.39, 0.29) is 0 Å². The van der Waals surface area contributed by atoms with Crippen molar-refractivity contribution in [3.05, 3.63) is 44.2 Å². The Morgan fingerprint density at radius 3 is 2.71 bits per heavy atom. The summed E-state index contributed by atoms with van der Waals surface area (Å²) < 4.78 is 11.3. The van der Waals surface area contributed by atoms with Gasteiger partial charge < -0.3 is 9.47 Å². The fourth-order valence-electron chi connectivity index (χ4n) is 1.86. The van der Waals surface area contributed by atoms with Crippen LogP contribution in [0, 0.1) is 3.57 Å². The molecule has 2 aromatic rings. The number of methoxy groups -OCH3 is 2. The molecule has 0 saturated heterocycles. The molecule has 0 aliphatic rings. The van der Waals surface area contributed by atoms with Gasteiger partial charge in [0.15, 0.2) is 0 Å². The van der Waals surface area contributed by atoms with Crippen molar-refractivity contribution in [2.45, 2.75) is 6.04 Å². The fourth-order valence-corrected chi connectivity index (χ4v) is 2.69. The highest BCUT2D eigenvalue weighted by atomic mass is 127. The van der Waals surface area contributed by atoms with E-state index < -0.39 is 6.04 Å². The third-order valence-corrected chi connectivity index (χ3v) is 4.07. The van der Waals surface area contributed by atoms with E-state index in [0.29, 0.717) is 22.5 Å². The van der Waals surface area contributed by atoms with Crippen LogP contribution in [0.3, 0.4) is 0 Å². The van der Waals surface area contributed by atoms with Crippen molar-refractivity contribution >= 4 is 34.2 Å². The molecule has 0 spiro atoms. The van der Waals surface area contributed by atoms with Gasteiger partial charge in [0, 0.05) is 8.59 Å². The smallest absolute Gasteiger partial charge is 0.240 e. The second-order valence-electron chi connectivity index (χ2n) is 4.07. The Labute approximate surface area is 141 Å². The summed E-state index contributed by atoms with van der Waals surface area (Å²) in [5.41, 5.74) is 4.18.